The number of hydrogen-bond acceptors (Lipinski definition) is 3. The third-order valence-electron chi connectivity index (χ3n) is 4.04. The predicted octanol–water partition coefficient (Wildman–Crippen LogP) is 4.50. The molecule has 0 fully saturated rings. The smallest absolute Gasteiger partial charge is 0.358 e. The maximum atomic E-state index is 11.6. The Hall–Kier alpha value is -3.34. The Morgan fingerprint density at radius 1 is 1.08 bits per heavy atom. The molecule has 0 aliphatic carbocycles. The van der Waals surface area contributed by atoms with Crippen LogP contribution < -0.4 is 0 Å². The molecule has 4 rings (SSSR count). The molecule has 2 aromatic carbocycles. The van der Waals surface area contributed by atoms with E-state index in [-0.39, 0.29) is 11.5 Å². The zero-order valence-corrected chi connectivity index (χ0v) is 12.9. The number of aryl methyl sites for hydroxylation is 1. The van der Waals surface area contributed by atoms with Gasteiger partial charge in [-0.3, -0.25) is 0 Å². The maximum absolute atomic E-state index is 11.6. The van der Waals surface area contributed by atoms with Crippen molar-refractivity contribution < 1.29 is 14.3 Å². The molecular weight excluding hydrogens is 304 g/mol. The summed E-state index contributed by atoms with van der Waals surface area (Å²) in [6.45, 7) is 1.94. The third-order valence-corrected chi connectivity index (χ3v) is 4.04. The number of aromatic amines is 1. The number of para-hydroxylation sites is 1. The van der Waals surface area contributed by atoms with Gasteiger partial charge in [-0.25, -0.2) is 9.78 Å². The maximum Gasteiger partial charge on any atom is 0.358 e. The topological polar surface area (TPSA) is 79.1 Å². The van der Waals surface area contributed by atoms with E-state index in [2.05, 4.69) is 9.97 Å². The first-order valence-corrected chi connectivity index (χ1v) is 7.52. The summed E-state index contributed by atoms with van der Waals surface area (Å²) in [5, 5.41) is 10.4. The highest BCUT2D eigenvalue weighted by atomic mass is 16.4. The first-order chi connectivity index (χ1) is 11.6. The van der Waals surface area contributed by atoms with E-state index >= 15 is 0 Å². The summed E-state index contributed by atoms with van der Waals surface area (Å²) in [5.74, 6) is -0.539. The fourth-order valence-corrected chi connectivity index (χ4v) is 2.84. The molecule has 0 radical (unpaired) electrons. The number of rotatable bonds is 3. The Morgan fingerprint density at radius 2 is 1.83 bits per heavy atom. The lowest BCUT2D eigenvalue weighted by Crippen LogP contribution is -1.98. The van der Waals surface area contributed by atoms with Gasteiger partial charge in [-0.1, -0.05) is 36.4 Å². The molecule has 0 unspecified atom stereocenters. The summed E-state index contributed by atoms with van der Waals surface area (Å²) >= 11 is 0. The molecular formula is C19H14N2O3. The van der Waals surface area contributed by atoms with Gasteiger partial charge in [0.2, 0.25) is 5.89 Å². The number of fused-ring (bicyclic) bond motifs is 1. The molecule has 0 bridgehead atoms. The van der Waals surface area contributed by atoms with E-state index < -0.39 is 5.97 Å². The summed E-state index contributed by atoms with van der Waals surface area (Å²) < 4.78 is 5.88. The molecule has 5 nitrogen and oxygen atoms in total. The van der Waals surface area contributed by atoms with Crippen LogP contribution in [0.25, 0.3) is 33.7 Å². The lowest BCUT2D eigenvalue weighted by Gasteiger charge is -1.99. The Kier molecular flexibility index (Phi) is 3.20. The molecule has 0 saturated carbocycles. The number of nitrogens with one attached hydrogen (secondary N) is 1. The number of carboxylic acid groups (broad SMARTS) is 1. The highest BCUT2D eigenvalue weighted by Crippen LogP contribution is 2.35. The van der Waals surface area contributed by atoms with Crippen molar-refractivity contribution in [3.63, 3.8) is 0 Å². The Morgan fingerprint density at radius 3 is 2.62 bits per heavy atom. The van der Waals surface area contributed by atoms with Crippen molar-refractivity contribution in [2.45, 2.75) is 6.92 Å². The molecule has 0 saturated heterocycles. The molecule has 0 amide bonds. The molecule has 2 heterocycles. The first kappa shape index (κ1) is 14.3. The van der Waals surface area contributed by atoms with Crippen LogP contribution in [0.4, 0.5) is 0 Å². The quantitative estimate of drug-likeness (QED) is 0.583. The van der Waals surface area contributed by atoms with E-state index in [1.54, 1.807) is 6.20 Å². The SMILES string of the molecule is Cc1ccccc1-c1nc(C(=O)O)c(-c2c[nH]c3ccccc23)o1. The summed E-state index contributed by atoms with van der Waals surface area (Å²) in [6, 6.07) is 15.3. The summed E-state index contributed by atoms with van der Waals surface area (Å²) in [7, 11) is 0. The van der Waals surface area contributed by atoms with E-state index in [4.69, 9.17) is 4.42 Å². The van der Waals surface area contributed by atoms with Crippen molar-refractivity contribution in [1.82, 2.24) is 9.97 Å². The number of carbonyl (C=O) groups is 1. The van der Waals surface area contributed by atoms with Crippen molar-refractivity contribution in [1.29, 1.82) is 0 Å². The standard InChI is InChI=1S/C19H14N2O3/c1-11-6-2-3-7-12(11)18-21-16(19(22)23)17(24-18)14-10-20-15-9-5-4-8-13(14)15/h2-10,20H,1H3,(H,22,23). The average molecular weight is 318 g/mol. The lowest BCUT2D eigenvalue weighted by atomic mass is 10.1. The zero-order valence-electron chi connectivity index (χ0n) is 12.9. The second-order valence-electron chi connectivity index (χ2n) is 5.56. The van der Waals surface area contributed by atoms with Gasteiger partial charge in [0.25, 0.3) is 0 Å². The number of hydrogen-bond donors (Lipinski definition) is 2. The van der Waals surface area contributed by atoms with Crippen molar-refractivity contribution in [2.24, 2.45) is 0 Å². The minimum Gasteiger partial charge on any atom is -0.476 e. The number of H-pyrrole nitrogens is 1. The predicted molar refractivity (Wildman–Crippen MR) is 90.9 cm³/mol. The second kappa shape index (κ2) is 5.38. The molecule has 0 aliphatic rings. The minimum absolute atomic E-state index is 0.0852. The average Bonchev–Trinajstić information content (AvgIpc) is 3.19. The van der Waals surface area contributed by atoms with E-state index in [9.17, 15) is 9.90 Å². The summed E-state index contributed by atoms with van der Waals surface area (Å²) in [5.41, 5.74) is 3.28. The van der Waals surface area contributed by atoms with Gasteiger partial charge in [0.1, 0.15) is 0 Å². The van der Waals surface area contributed by atoms with E-state index in [1.807, 2.05) is 55.5 Å². The minimum atomic E-state index is -1.11. The number of aromatic nitrogens is 2. The number of nitrogens with zero attached hydrogens (tertiary/aromatic N) is 1. The highest BCUT2D eigenvalue weighted by molar-refractivity contribution is 6.00. The lowest BCUT2D eigenvalue weighted by molar-refractivity contribution is 0.0691. The molecule has 4 aromatic rings. The van der Waals surface area contributed by atoms with Crippen LogP contribution in [0.3, 0.4) is 0 Å². The first-order valence-electron chi connectivity index (χ1n) is 7.52. The third kappa shape index (κ3) is 2.18. The van der Waals surface area contributed by atoms with E-state index in [1.165, 1.54) is 0 Å². The molecule has 5 heteroatoms. The van der Waals surface area contributed by atoms with E-state index in [0.717, 1.165) is 22.0 Å². The van der Waals surface area contributed by atoms with Gasteiger partial charge in [0.15, 0.2) is 11.5 Å². The van der Waals surface area contributed by atoms with Gasteiger partial charge in [-0.05, 0) is 24.6 Å². The highest BCUT2D eigenvalue weighted by Gasteiger charge is 2.24. The van der Waals surface area contributed by atoms with Gasteiger partial charge >= 0.3 is 5.97 Å². The normalized spacial score (nSPS) is 11.0. The van der Waals surface area contributed by atoms with Gasteiger partial charge in [0, 0.05) is 28.2 Å². The molecule has 0 spiro atoms. The molecule has 24 heavy (non-hydrogen) atoms. The Bertz CT molecular complexity index is 1060. The van der Waals surface area contributed by atoms with Crippen LogP contribution in [0.15, 0.2) is 59.1 Å². The van der Waals surface area contributed by atoms with Crippen LogP contribution in [0, 0.1) is 6.92 Å². The molecule has 0 aliphatic heterocycles. The molecule has 2 N–H and O–H groups in total. The number of benzene rings is 2. The summed E-state index contributed by atoms with van der Waals surface area (Å²) in [4.78, 5) is 19.0. The van der Waals surface area contributed by atoms with Crippen molar-refractivity contribution in [2.75, 3.05) is 0 Å². The van der Waals surface area contributed by atoms with Gasteiger partial charge < -0.3 is 14.5 Å². The van der Waals surface area contributed by atoms with Gasteiger partial charge in [-0.15, -0.1) is 0 Å². The fourth-order valence-electron chi connectivity index (χ4n) is 2.84. The molecule has 2 aromatic heterocycles. The number of oxazole rings is 1. The monoisotopic (exact) mass is 318 g/mol. The van der Waals surface area contributed by atoms with Crippen LogP contribution in [-0.2, 0) is 0 Å². The largest absolute Gasteiger partial charge is 0.476 e. The van der Waals surface area contributed by atoms with Crippen molar-refractivity contribution in [3.05, 3.63) is 66.0 Å². The molecule has 118 valence electrons. The van der Waals surface area contributed by atoms with Crippen LogP contribution >= 0.6 is 0 Å². The Balaban J connectivity index is 1.96. The number of carboxylic acids is 1. The second-order valence-corrected chi connectivity index (χ2v) is 5.56. The zero-order chi connectivity index (χ0) is 16.7. The van der Waals surface area contributed by atoms with Gasteiger partial charge in [0.05, 0.1) is 0 Å². The van der Waals surface area contributed by atoms with Gasteiger partial charge in [-0.2, -0.15) is 0 Å². The Labute approximate surface area is 137 Å². The van der Waals surface area contributed by atoms with Crippen LogP contribution in [-0.4, -0.2) is 21.0 Å². The number of aromatic carboxylic acids is 1. The van der Waals surface area contributed by atoms with Crippen molar-refractivity contribution >= 4 is 16.9 Å². The molecule has 0 atom stereocenters. The van der Waals surface area contributed by atoms with Crippen LogP contribution in [0.1, 0.15) is 16.1 Å². The van der Waals surface area contributed by atoms with Crippen LogP contribution in [0.2, 0.25) is 0 Å². The van der Waals surface area contributed by atoms with E-state index in [0.29, 0.717) is 11.5 Å². The summed E-state index contributed by atoms with van der Waals surface area (Å²) in [6.07, 6.45) is 1.75. The van der Waals surface area contributed by atoms with Crippen molar-refractivity contribution in [3.8, 4) is 22.8 Å². The van der Waals surface area contributed by atoms with Crippen LogP contribution in [0.5, 0.6) is 0 Å². The fraction of sp³-hybridized carbons (Fsp3) is 0.0526.